The van der Waals surface area contributed by atoms with E-state index >= 15 is 0 Å². The molecule has 0 saturated carbocycles. The lowest BCUT2D eigenvalue weighted by Crippen LogP contribution is -2.19. The van der Waals surface area contributed by atoms with Gasteiger partial charge < -0.3 is 10.6 Å². The lowest BCUT2D eigenvalue weighted by Gasteiger charge is -2.21. The minimum absolute atomic E-state index is 0.0240. The molecule has 1 amide bonds. The molecule has 126 valence electrons. The molecule has 7 nitrogen and oxygen atoms in total. The number of nitriles is 1. The number of nitro benzene ring substituents is 1. The zero-order valence-electron chi connectivity index (χ0n) is 13.6. The maximum Gasteiger partial charge on any atom is 0.270 e. The van der Waals surface area contributed by atoms with Crippen LogP contribution in [-0.4, -0.2) is 10.8 Å². The number of nitrogens with zero attached hydrogens (tertiary/aromatic N) is 2. The molecule has 0 aliphatic carbocycles. The van der Waals surface area contributed by atoms with Crippen molar-refractivity contribution in [2.75, 3.05) is 10.6 Å². The molecule has 0 fully saturated rings. The SMILES string of the molecule is C[C@@H](Nc1ccc([N+](=O)[O-])cc1C#N)c1ccc2c(c1)CCC(=O)N2. The number of hydrogen-bond donors (Lipinski definition) is 2. The first-order chi connectivity index (χ1) is 12.0. The molecule has 1 aliphatic heterocycles. The molecule has 1 aliphatic rings. The minimum Gasteiger partial charge on any atom is -0.377 e. The maximum absolute atomic E-state index is 11.4. The highest BCUT2D eigenvalue weighted by molar-refractivity contribution is 5.93. The molecule has 0 radical (unpaired) electrons. The number of aryl methyl sites for hydroxylation is 1. The van der Waals surface area contributed by atoms with Crippen molar-refractivity contribution in [3.63, 3.8) is 0 Å². The van der Waals surface area contributed by atoms with E-state index in [0.29, 0.717) is 18.5 Å². The molecular weight excluding hydrogens is 320 g/mol. The summed E-state index contributed by atoms with van der Waals surface area (Å²) >= 11 is 0. The molecule has 2 N–H and O–H groups in total. The number of anilines is 2. The zero-order valence-corrected chi connectivity index (χ0v) is 13.6. The normalized spacial score (nSPS) is 14.0. The average molecular weight is 336 g/mol. The van der Waals surface area contributed by atoms with Crippen LogP contribution in [0.25, 0.3) is 0 Å². The van der Waals surface area contributed by atoms with Gasteiger partial charge in [-0.25, -0.2) is 0 Å². The zero-order chi connectivity index (χ0) is 18.0. The van der Waals surface area contributed by atoms with Gasteiger partial charge >= 0.3 is 0 Å². The van der Waals surface area contributed by atoms with Crippen LogP contribution in [0.3, 0.4) is 0 Å². The minimum atomic E-state index is -0.522. The van der Waals surface area contributed by atoms with Crippen molar-refractivity contribution in [2.45, 2.75) is 25.8 Å². The Hall–Kier alpha value is -3.40. The summed E-state index contributed by atoms with van der Waals surface area (Å²) in [5.41, 5.74) is 3.59. The number of nitro groups is 1. The van der Waals surface area contributed by atoms with E-state index in [1.807, 2.05) is 31.2 Å². The third kappa shape index (κ3) is 3.43. The summed E-state index contributed by atoms with van der Waals surface area (Å²) < 4.78 is 0. The Morgan fingerprint density at radius 3 is 2.80 bits per heavy atom. The Bertz CT molecular complexity index is 902. The van der Waals surface area contributed by atoms with Gasteiger partial charge in [0.15, 0.2) is 0 Å². The predicted octanol–water partition coefficient (Wildman–Crippen LogP) is 3.52. The Morgan fingerprint density at radius 2 is 2.08 bits per heavy atom. The molecule has 3 rings (SSSR count). The van der Waals surface area contributed by atoms with Gasteiger partial charge in [0.1, 0.15) is 6.07 Å². The van der Waals surface area contributed by atoms with Crippen LogP contribution in [0.1, 0.15) is 36.1 Å². The van der Waals surface area contributed by atoms with Crippen molar-refractivity contribution in [3.8, 4) is 6.07 Å². The van der Waals surface area contributed by atoms with E-state index < -0.39 is 4.92 Å². The summed E-state index contributed by atoms with van der Waals surface area (Å²) in [7, 11) is 0. The van der Waals surface area contributed by atoms with Gasteiger partial charge in [-0.1, -0.05) is 12.1 Å². The number of amides is 1. The topological polar surface area (TPSA) is 108 Å². The van der Waals surface area contributed by atoms with Gasteiger partial charge in [0.05, 0.1) is 16.2 Å². The van der Waals surface area contributed by atoms with E-state index in [9.17, 15) is 20.2 Å². The lowest BCUT2D eigenvalue weighted by atomic mass is 9.97. The molecule has 2 aromatic carbocycles. The predicted molar refractivity (Wildman–Crippen MR) is 93.2 cm³/mol. The summed E-state index contributed by atoms with van der Waals surface area (Å²) in [6, 6.07) is 11.9. The molecule has 7 heteroatoms. The van der Waals surface area contributed by atoms with Gasteiger partial charge in [-0.15, -0.1) is 0 Å². The smallest absolute Gasteiger partial charge is 0.270 e. The molecule has 0 bridgehead atoms. The second-order valence-corrected chi connectivity index (χ2v) is 5.93. The highest BCUT2D eigenvalue weighted by Gasteiger charge is 2.17. The molecule has 0 spiro atoms. The van der Waals surface area contributed by atoms with Gasteiger partial charge in [0.25, 0.3) is 5.69 Å². The molecular formula is C18H16N4O3. The standard InChI is InChI=1S/C18H16N4O3/c1-11(12-2-5-16-13(8-12)3-7-18(23)21-16)20-17-6-4-15(22(24)25)9-14(17)10-19/h2,4-6,8-9,11,20H,3,7H2,1H3,(H,21,23)/t11-/m1/s1. The summed E-state index contributed by atoms with van der Waals surface area (Å²) in [6.07, 6.45) is 1.17. The second kappa shape index (κ2) is 6.61. The number of non-ortho nitro benzene ring substituents is 1. The average Bonchev–Trinajstić information content (AvgIpc) is 2.61. The third-order valence-corrected chi connectivity index (χ3v) is 4.23. The molecule has 0 aromatic heterocycles. The van der Waals surface area contributed by atoms with Crippen LogP contribution in [0.4, 0.5) is 17.1 Å². The Balaban J connectivity index is 1.83. The van der Waals surface area contributed by atoms with Gasteiger partial charge in [-0.3, -0.25) is 14.9 Å². The summed E-state index contributed by atoms with van der Waals surface area (Å²) in [6.45, 7) is 1.95. The van der Waals surface area contributed by atoms with Crippen molar-refractivity contribution >= 4 is 23.0 Å². The lowest BCUT2D eigenvalue weighted by molar-refractivity contribution is -0.384. The fraction of sp³-hybridized carbons (Fsp3) is 0.222. The van der Waals surface area contributed by atoms with Gasteiger partial charge in [0.2, 0.25) is 5.91 Å². The van der Waals surface area contributed by atoms with Crippen molar-refractivity contribution in [1.29, 1.82) is 5.26 Å². The van der Waals surface area contributed by atoms with Crippen LogP contribution < -0.4 is 10.6 Å². The Labute approximate surface area is 144 Å². The van der Waals surface area contributed by atoms with E-state index in [1.54, 1.807) is 6.07 Å². The second-order valence-electron chi connectivity index (χ2n) is 5.93. The van der Waals surface area contributed by atoms with Gasteiger partial charge in [0, 0.05) is 30.3 Å². The van der Waals surface area contributed by atoms with E-state index in [4.69, 9.17) is 0 Å². The summed E-state index contributed by atoms with van der Waals surface area (Å²) in [5, 5.41) is 26.1. The fourth-order valence-electron chi connectivity index (χ4n) is 2.85. The summed E-state index contributed by atoms with van der Waals surface area (Å²) in [4.78, 5) is 21.7. The third-order valence-electron chi connectivity index (χ3n) is 4.23. The van der Waals surface area contributed by atoms with Crippen LogP contribution in [0.15, 0.2) is 36.4 Å². The number of carbonyl (C=O) groups is 1. The number of hydrogen-bond acceptors (Lipinski definition) is 5. The monoisotopic (exact) mass is 336 g/mol. The first kappa shape index (κ1) is 16.5. The van der Waals surface area contributed by atoms with E-state index in [-0.39, 0.29) is 23.2 Å². The van der Waals surface area contributed by atoms with Gasteiger partial charge in [-0.2, -0.15) is 5.26 Å². The van der Waals surface area contributed by atoms with Crippen molar-refractivity contribution < 1.29 is 9.72 Å². The highest BCUT2D eigenvalue weighted by atomic mass is 16.6. The fourth-order valence-corrected chi connectivity index (χ4v) is 2.85. The van der Waals surface area contributed by atoms with Crippen molar-refractivity contribution in [2.24, 2.45) is 0 Å². The molecule has 0 saturated heterocycles. The number of carbonyl (C=O) groups excluding carboxylic acids is 1. The van der Waals surface area contributed by atoms with E-state index in [0.717, 1.165) is 16.8 Å². The van der Waals surface area contributed by atoms with Crippen molar-refractivity contribution in [3.05, 3.63) is 63.2 Å². The van der Waals surface area contributed by atoms with Crippen LogP contribution in [0.2, 0.25) is 0 Å². The molecule has 25 heavy (non-hydrogen) atoms. The van der Waals surface area contributed by atoms with Crippen LogP contribution in [0.5, 0.6) is 0 Å². The largest absolute Gasteiger partial charge is 0.377 e. The Morgan fingerprint density at radius 1 is 1.28 bits per heavy atom. The first-order valence-electron chi connectivity index (χ1n) is 7.85. The van der Waals surface area contributed by atoms with E-state index in [1.165, 1.54) is 12.1 Å². The van der Waals surface area contributed by atoms with Crippen LogP contribution in [-0.2, 0) is 11.2 Å². The molecule has 1 atom stereocenters. The molecule has 2 aromatic rings. The van der Waals surface area contributed by atoms with E-state index in [2.05, 4.69) is 10.6 Å². The van der Waals surface area contributed by atoms with Crippen LogP contribution >= 0.6 is 0 Å². The number of nitrogens with one attached hydrogen (secondary N) is 2. The quantitative estimate of drug-likeness (QED) is 0.656. The number of benzene rings is 2. The van der Waals surface area contributed by atoms with Gasteiger partial charge in [-0.05, 0) is 36.6 Å². The first-order valence-corrected chi connectivity index (χ1v) is 7.85. The highest BCUT2D eigenvalue weighted by Crippen LogP contribution is 2.29. The maximum atomic E-state index is 11.4. The molecule has 0 unspecified atom stereocenters. The molecule has 1 heterocycles. The summed E-state index contributed by atoms with van der Waals surface area (Å²) in [5.74, 6) is 0.0240. The van der Waals surface area contributed by atoms with Crippen LogP contribution in [0, 0.1) is 21.4 Å². The Kier molecular flexibility index (Phi) is 4.35. The van der Waals surface area contributed by atoms with Crippen molar-refractivity contribution in [1.82, 2.24) is 0 Å². The number of rotatable bonds is 4. The number of fused-ring (bicyclic) bond motifs is 1.